The number of rotatable bonds is 4. The van der Waals surface area contributed by atoms with E-state index < -0.39 is 0 Å². The first-order valence-corrected chi connectivity index (χ1v) is 7.04. The minimum atomic E-state index is -0.258. The van der Waals surface area contributed by atoms with E-state index in [1.165, 1.54) is 29.3 Å². The molecule has 0 aliphatic heterocycles. The quantitative estimate of drug-likeness (QED) is 0.879. The predicted octanol–water partition coefficient (Wildman–Crippen LogP) is 3.14. The van der Waals surface area contributed by atoms with Crippen LogP contribution in [0, 0.1) is 11.3 Å². The maximum Gasteiger partial charge on any atom is 0.106 e. The van der Waals surface area contributed by atoms with Crippen molar-refractivity contribution in [1.82, 2.24) is 10.3 Å². The minimum Gasteiger partial charge on any atom is -0.361 e. The van der Waals surface area contributed by atoms with Crippen molar-refractivity contribution in [3.8, 4) is 6.07 Å². The number of nitrogens with zero attached hydrogens (tertiary/aromatic N) is 1. The highest BCUT2D eigenvalue weighted by atomic mass is 15.0. The van der Waals surface area contributed by atoms with Crippen LogP contribution in [0.1, 0.15) is 31.2 Å². The Morgan fingerprint density at radius 2 is 2.05 bits per heavy atom. The lowest BCUT2D eigenvalue weighted by atomic mass is 9.99. The average Bonchev–Trinajstić information content (AvgIpc) is 3.07. The minimum absolute atomic E-state index is 0.258. The van der Waals surface area contributed by atoms with E-state index in [1.54, 1.807) is 0 Å². The van der Waals surface area contributed by atoms with Gasteiger partial charge in [-0.05, 0) is 30.9 Å². The zero-order chi connectivity index (χ0) is 13.1. The van der Waals surface area contributed by atoms with Crippen LogP contribution >= 0.6 is 0 Å². The number of nitrogens with one attached hydrogen (secondary N) is 2. The smallest absolute Gasteiger partial charge is 0.106 e. The van der Waals surface area contributed by atoms with E-state index >= 15 is 0 Å². The predicted molar refractivity (Wildman–Crippen MR) is 76.8 cm³/mol. The Balaban J connectivity index is 1.65. The van der Waals surface area contributed by atoms with E-state index in [9.17, 15) is 5.26 Å². The molecule has 0 bridgehead atoms. The van der Waals surface area contributed by atoms with E-state index in [0.29, 0.717) is 0 Å². The number of nitriles is 1. The summed E-state index contributed by atoms with van der Waals surface area (Å²) in [4.78, 5) is 3.30. The van der Waals surface area contributed by atoms with Crippen molar-refractivity contribution in [1.29, 1.82) is 5.26 Å². The molecular weight excluding hydrogens is 234 g/mol. The lowest BCUT2D eigenvalue weighted by Crippen LogP contribution is -2.42. The summed E-state index contributed by atoms with van der Waals surface area (Å²) in [5, 5.41) is 14.1. The van der Waals surface area contributed by atoms with Gasteiger partial charge in [-0.3, -0.25) is 5.32 Å². The van der Waals surface area contributed by atoms with Crippen LogP contribution in [0.15, 0.2) is 30.5 Å². The van der Waals surface area contributed by atoms with Crippen LogP contribution < -0.4 is 5.32 Å². The molecule has 0 radical (unpaired) electrons. The summed E-state index contributed by atoms with van der Waals surface area (Å²) in [5.41, 5.74) is 2.26. The van der Waals surface area contributed by atoms with E-state index in [-0.39, 0.29) is 5.54 Å². The van der Waals surface area contributed by atoms with E-state index in [1.807, 2.05) is 6.07 Å². The summed E-state index contributed by atoms with van der Waals surface area (Å²) in [6, 6.07) is 10.8. The van der Waals surface area contributed by atoms with Crippen LogP contribution in [-0.2, 0) is 6.42 Å². The van der Waals surface area contributed by atoms with Gasteiger partial charge in [-0.15, -0.1) is 0 Å². The average molecular weight is 253 g/mol. The van der Waals surface area contributed by atoms with Crippen molar-refractivity contribution in [3.63, 3.8) is 0 Å². The summed E-state index contributed by atoms with van der Waals surface area (Å²) < 4.78 is 0. The second kappa shape index (κ2) is 5.07. The zero-order valence-corrected chi connectivity index (χ0v) is 11.1. The number of H-pyrrole nitrogens is 1. The number of aromatic nitrogens is 1. The first kappa shape index (κ1) is 12.3. The zero-order valence-electron chi connectivity index (χ0n) is 11.1. The lowest BCUT2D eigenvalue weighted by Gasteiger charge is -2.21. The fourth-order valence-electron chi connectivity index (χ4n) is 3.08. The summed E-state index contributed by atoms with van der Waals surface area (Å²) in [6.07, 6.45) is 7.39. The molecule has 0 saturated heterocycles. The summed E-state index contributed by atoms with van der Waals surface area (Å²) in [5.74, 6) is 0. The highest BCUT2D eigenvalue weighted by Gasteiger charge is 2.32. The Bertz CT molecular complexity index is 600. The molecule has 0 spiro atoms. The molecule has 1 aromatic carbocycles. The summed E-state index contributed by atoms with van der Waals surface area (Å²) in [7, 11) is 0. The normalized spacial score (nSPS) is 17.6. The number of benzene rings is 1. The Hall–Kier alpha value is -1.79. The highest BCUT2D eigenvalue weighted by molar-refractivity contribution is 5.83. The van der Waals surface area contributed by atoms with Crippen molar-refractivity contribution in [2.45, 2.75) is 37.6 Å². The first-order valence-electron chi connectivity index (χ1n) is 7.04. The third-order valence-electron chi connectivity index (χ3n) is 4.20. The highest BCUT2D eigenvalue weighted by Crippen LogP contribution is 2.28. The molecule has 3 nitrogen and oxygen atoms in total. The van der Waals surface area contributed by atoms with Gasteiger partial charge in [-0.2, -0.15) is 5.26 Å². The van der Waals surface area contributed by atoms with Crippen LogP contribution in [0.3, 0.4) is 0 Å². The molecule has 1 heterocycles. The van der Waals surface area contributed by atoms with Gasteiger partial charge in [0, 0.05) is 23.6 Å². The van der Waals surface area contributed by atoms with Crippen molar-refractivity contribution >= 4 is 10.9 Å². The van der Waals surface area contributed by atoms with E-state index in [4.69, 9.17) is 0 Å². The van der Waals surface area contributed by atoms with Crippen molar-refractivity contribution in [3.05, 3.63) is 36.0 Å². The number of hydrogen-bond acceptors (Lipinski definition) is 2. The van der Waals surface area contributed by atoms with Gasteiger partial charge in [0.1, 0.15) is 5.54 Å². The van der Waals surface area contributed by atoms with Gasteiger partial charge < -0.3 is 4.98 Å². The van der Waals surface area contributed by atoms with Gasteiger partial charge in [0.15, 0.2) is 0 Å². The molecule has 0 atom stereocenters. The number of aromatic amines is 1. The van der Waals surface area contributed by atoms with Crippen LogP contribution in [0.2, 0.25) is 0 Å². The fraction of sp³-hybridized carbons (Fsp3) is 0.438. The summed E-state index contributed by atoms with van der Waals surface area (Å²) >= 11 is 0. The summed E-state index contributed by atoms with van der Waals surface area (Å²) in [6.45, 7) is 0.870. The third-order valence-corrected chi connectivity index (χ3v) is 4.20. The lowest BCUT2D eigenvalue weighted by molar-refractivity contribution is 0.426. The fourth-order valence-corrected chi connectivity index (χ4v) is 3.08. The van der Waals surface area contributed by atoms with Crippen LogP contribution in [-0.4, -0.2) is 17.1 Å². The second-order valence-electron chi connectivity index (χ2n) is 5.44. The van der Waals surface area contributed by atoms with E-state index in [0.717, 1.165) is 25.8 Å². The van der Waals surface area contributed by atoms with E-state index in [2.05, 4.69) is 40.8 Å². The van der Waals surface area contributed by atoms with Crippen molar-refractivity contribution in [2.24, 2.45) is 0 Å². The van der Waals surface area contributed by atoms with Gasteiger partial charge in [0.2, 0.25) is 0 Å². The molecule has 1 aliphatic rings. The topological polar surface area (TPSA) is 51.6 Å². The monoisotopic (exact) mass is 253 g/mol. The van der Waals surface area contributed by atoms with Gasteiger partial charge in [-0.1, -0.05) is 31.0 Å². The van der Waals surface area contributed by atoms with Crippen LogP contribution in [0.5, 0.6) is 0 Å². The molecule has 3 heteroatoms. The van der Waals surface area contributed by atoms with Gasteiger partial charge in [0.25, 0.3) is 0 Å². The van der Waals surface area contributed by atoms with Gasteiger partial charge in [-0.25, -0.2) is 0 Å². The van der Waals surface area contributed by atoms with Gasteiger partial charge in [0.05, 0.1) is 6.07 Å². The number of para-hydroxylation sites is 1. The SMILES string of the molecule is N#CC1(NCCc2c[nH]c3ccccc23)CCCC1. The third kappa shape index (κ3) is 2.36. The first-order chi connectivity index (χ1) is 9.33. The van der Waals surface area contributed by atoms with Crippen LogP contribution in [0.25, 0.3) is 10.9 Å². The van der Waals surface area contributed by atoms with Crippen molar-refractivity contribution in [2.75, 3.05) is 6.54 Å². The molecular formula is C16H19N3. The van der Waals surface area contributed by atoms with Crippen molar-refractivity contribution < 1.29 is 0 Å². The Labute approximate surface area is 113 Å². The number of fused-ring (bicyclic) bond motifs is 1. The molecule has 2 aromatic rings. The maximum atomic E-state index is 9.33. The Morgan fingerprint density at radius 3 is 2.84 bits per heavy atom. The molecule has 1 fully saturated rings. The molecule has 2 N–H and O–H groups in total. The Kier molecular flexibility index (Phi) is 3.27. The van der Waals surface area contributed by atoms with Crippen LogP contribution in [0.4, 0.5) is 0 Å². The molecule has 98 valence electrons. The molecule has 3 rings (SSSR count). The van der Waals surface area contributed by atoms with Gasteiger partial charge >= 0.3 is 0 Å². The standard InChI is InChI=1S/C16H19N3/c17-12-16(8-3-4-9-16)19-10-7-13-11-18-15-6-2-1-5-14(13)15/h1-2,5-6,11,18-19H,3-4,7-10H2. The molecule has 1 aromatic heterocycles. The molecule has 0 amide bonds. The second-order valence-corrected chi connectivity index (χ2v) is 5.44. The Morgan fingerprint density at radius 1 is 1.26 bits per heavy atom. The number of hydrogen-bond donors (Lipinski definition) is 2. The molecule has 1 saturated carbocycles. The molecule has 19 heavy (non-hydrogen) atoms. The largest absolute Gasteiger partial charge is 0.361 e. The maximum absolute atomic E-state index is 9.33. The molecule has 0 unspecified atom stereocenters. The molecule has 1 aliphatic carbocycles.